The van der Waals surface area contributed by atoms with Crippen molar-refractivity contribution in [3.8, 4) is 0 Å². The van der Waals surface area contributed by atoms with E-state index < -0.39 is 15.9 Å². The smallest absolute Gasteiger partial charge is 0.272 e. The summed E-state index contributed by atoms with van der Waals surface area (Å²) in [5.41, 5.74) is 3.39. The fraction of sp³-hybridized carbons (Fsp3) is 0.217. The molecule has 0 unspecified atom stereocenters. The molecule has 3 aromatic rings. The highest BCUT2D eigenvalue weighted by atomic mass is 35.5. The van der Waals surface area contributed by atoms with Crippen molar-refractivity contribution in [3.63, 3.8) is 0 Å². The Morgan fingerprint density at radius 1 is 1.09 bits per heavy atom. The SMILES string of the molecule is Cc1ccc(NC(=O)c2[nH]c3c(c2C)C(=O)CCC3)cc1S(=O)(=O)Nc1ccccc1Cl. The van der Waals surface area contributed by atoms with Gasteiger partial charge in [0.05, 0.1) is 15.6 Å². The molecule has 0 bridgehead atoms. The quantitative estimate of drug-likeness (QED) is 0.493. The maximum Gasteiger partial charge on any atom is 0.272 e. The summed E-state index contributed by atoms with van der Waals surface area (Å²) in [4.78, 5) is 28.2. The number of aromatic amines is 1. The molecule has 2 aromatic carbocycles. The summed E-state index contributed by atoms with van der Waals surface area (Å²) in [6, 6.07) is 11.2. The third-order valence-corrected chi connectivity index (χ3v) is 7.35. The minimum Gasteiger partial charge on any atom is -0.354 e. The van der Waals surface area contributed by atoms with E-state index in [2.05, 4.69) is 15.0 Å². The molecule has 0 radical (unpaired) electrons. The van der Waals surface area contributed by atoms with Gasteiger partial charge in [0.2, 0.25) is 0 Å². The Bertz CT molecular complexity index is 1350. The molecule has 1 aromatic heterocycles. The predicted molar refractivity (Wildman–Crippen MR) is 124 cm³/mol. The summed E-state index contributed by atoms with van der Waals surface area (Å²) in [5, 5.41) is 3.01. The largest absolute Gasteiger partial charge is 0.354 e. The molecule has 0 saturated carbocycles. The van der Waals surface area contributed by atoms with Gasteiger partial charge in [0.25, 0.3) is 15.9 Å². The van der Waals surface area contributed by atoms with Crippen molar-refractivity contribution in [2.75, 3.05) is 10.0 Å². The molecule has 4 rings (SSSR count). The van der Waals surface area contributed by atoms with Crippen LogP contribution < -0.4 is 10.0 Å². The first-order chi connectivity index (χ1) is 15.2. The van der Waals surface area contributed by atoms with Gasteiger partial charge in [-0.2, -0.15) is 0 Å². The summed E-state index contributed by atoms with van der Waals surface area (Å²) in [7, 11) is -3.95. The Labute approximate surface area is 191 Å². The molecule has 3 N–H and O–H groups in total. The Morgan fingerprint density at radius 2 is 1.84 bits per heavy atom. The Kier molecular flexibility index (Phi) is 5.83. The first-order valence-electron chi connectivity index (χ1n) is 10.1. The van der Waals surface area contributed by atoms with Gasteiger partial charge in [-0.3, -0.25) is 14.3 Å². The van der Waals surface area contributed by atoms with Crippen LogP contribution in [0.15, 0.2) is 47.4 Å². The van der Waals surface area contributed by atoms with Crippen LogP contribution in [0, 0.1) is 13.8 Å². The Morgan fingerprint density at radius 3 is 2.56 bits per heavy atom. The van der Waals surface area contributed by atoms with E-state index in [1.165, 1.54) is 6.07 Å². The predicted octanol–water partition coefficient (Wildman–Crippen LogP) is 4.86. The van der Waals surface area contributed by atoms with Gasteiger partial charge in [-0.05, 0) is 62.1 Å². The number of para-hydroxylation sites is 1. The molecule has 32 heavy (non-hydrogen) atoms. The standard InChI is InChI=1S/C23H22ClN3O4S/c1-13-10-11-15(12-20(13)32(30,31)27-17-7-4-3-6-16(17)24)25-23(29)22-14(2)21-18(26-22)8-5-9-19(21)28/h3-4,6-7,10-12,26-27H,5,8-9H2,1-2H3,(H,25,29). The number of nitrogens with one attached hydrogen (secondary N) is 3. The number of aromatic nitrogens is 1. The van der Waals surface area contributed by atoms with Crippen molar-refractivity contribution in [2.45, 2.75) is 38.0 Å². The topological polar surface area (TPSA) is 108 Å². The van der Waals surface area contributed by atoms with Gasteiger partial charge in [0.1, 0.15) is 5.69 Å². The van der Waals surface area contributed by atoms with Crippen LogP contribution in [-0.4, -0.2) is 25.1 Å². The minimum atomic E-state index is -3.95. The van der Waals surface area contributed by atoms with Crippen molar-refractivity contribution >= 4 is 44.7 Å². The van der Waals surface area contributed by atoms with Gasteiger partial charge in [-0.1, -0.05) is 29.8 Å². The van der Waals surface area contributed by atoms with Gasteiger partial charge < -0.3 is 10.3 Å². The van der Waals surface area contributed by atoms with E-state index in [0.29, 0.717) is 34.5 Å². The van der Waals surface area contributed by atoms with E-state index in [1.54, 1.807) is 50.2 Å². The number of hydrogen-bond donors (Lipinski definition) is 3. The number of amides is 1. The summed E-state index contributed by atoms with van der Waals surface area (Å²) >= 11 is 6.08. The molecule has 166 valence electrons. The lowest BCUT2D eigenvalue weighted by atomic mass is 9.94. The highest BCUT2D eigenvalue weighted by Crippen LogP contribution is 2.29. The van der Waals surface area contributed by atoms with Crippen LogP contribution in [0.25, 0.3) is 0 Å². The molecular formula is C23H22ClN3O4S. The summed E-state index contributed by atoms with van der Waals surface area (Å²) in [5.74, 6) is -0.399. The number of sulfonamides is 1. The second-order valence-electron chi connectivity index (χ2n) is 7.78. The zero-order valence-electron chi connectivity index (χ0n) is 17.6. The molecule has 7 nitrogen and oxygen atoms in total. The van der Waals surface area contributed by atoms with Gasteiger partial charge in [-0.25, -0.2) is 8.42 Å². The maximum absolute atomic E-state index is 13.0. The number of H-pyrrole nitrogens is 1. The minimum absolute atomic E-state index is 0.0212. The van der Waals surface area contributed by atoms with Crippen molar-refractivity contribution in [2.24, 2.45) is 0 Å². The number of benzene rings is 2. The maximum atomic E-state index is 13.0. The van der Waals surface area contributed by atoms with Crippen molar-refractivity contribution in [3.05, 3.63) is 75.6 Å². The summed E-state index contributed by atoms with van der Waals surface area (Å²) < 4.78 is 28.4. The lowest BCUT2D eigenvalue weighted by Crippen LogP contribution is -2.17. The highest BCUT2D eigenvalue weighted by Gasteiger charge is 2.26. The lowest BCUT2D eigenvalue weighted by Gasteiger charge is -2.13. The van der Waals surface area contributed by atoms with E-state index >= 15 is 0 Å². The number of halogens is 1. The van der Waals surface area contributed by atoms with Crippen molar-refractivity contribution in [1.29, 1.82) is 0 Å². The van der Waals surface area contributed by atoms with Crippen molar-refractivity contribution in [1.82, 2.24) is 4.98 Å². The van der Waals surface area contributed by atoms with E-state index in [9.17, 15) is 18.0 Å². The third kappa shape index (κ3) is 4.16. The number of ketones is 1. The average Bonchev–Trinajstić information content (AvgIpc) is 3.09. The fourth-order valence-corrected chi connectivity index (χ4v) is 5.50. The normalized spacial score (nSPS) is 13.5. The molecule has 1 aliphatic rings. The number of hydrogen-bond acceptors (Lipinski definition) is 4. The molecule has 0 atom stereocenters. The molecule has 1 aliphatic carbocycles. The van der Waals surface area contributed by atoms with Crippen LogP contribution in [0.1, 0.15) is 50.5 Å². The zero-order chi connectivity index (χ0) is 23.0. The third-order valence-electron chi connectivity index (χ3n) is 5.52. The number of Topliss-reactive ketones (excluding diaryl/α,β-unsaturated/α-hetero) is 1. The van der Waals surface area contributed by atoms with E-state index in [0.717, 1.165) is 18.5 Å². The first kappa shape index (κ1) is 22.1. The Balaban J connectivity index is 1.62. The van der Waals surface area contributed by atoms with Crippen molar-refractivity contribution < 1.29 is 18.0 Å². The van der Waals surface area contributed by atoms with Crippen LogP contribution in [0.2, 0.25) is 5.02 Å². The number of fused-ring (bicyclic) bond motifs is 1. The van der Waals surface area contributed by atoms with Crippen LogP contribution in [-0.2, 0) is 16.4 Å². The lowest BCUT2D eigenvalue weighted by molar-refractivity contribution is 0.0971. The second kappa shape index (κ2) is 8.44. The number of rotatable bonds is 5. The molecule has 0 saturated heterocycles. The molecular weight excluding hydrogens is 450 g/mol. The second-order valence-corrected chi connectivity index (χ2v) is 9.83. The molecule has 1 amide bonds. The molecule has 1 heterocycles. The van der Waals surface area contributed by atoms with Gasteiger partial charge in [0, 0.05) is 23.4 Å². The summed E-state index contributed by atoms with van der Waals surface area (Å²) in [6.45, 7) is 3.41. The van der Waals surface area contributed by atoms with Crippen LogP contribution in [0.4, 0.5) is 11.4 Å². The fourth-order valence-electron chi connectivity index (χ4n) is 3.91. The van der Waals surface area contributed by atoms with Crippen LogP contribution in [0.5, 0.6) is 0 Å². The van der Waals surface area contributed by atoms with Crippen LogP contribution >= 0.6 is 11.6 Å². The van der Waals surface area contributed by atoms with Crippen LogP contribution in [0.3, 0.4) is 0 Å². The highest BCUT2D eigenvalue weighted by molar-refractivity contribution is 7.92. The van der Waals surface area contributed by atoms with Gasteiger partial charge in [0.15, 0.2) is 5.78 Å². The number of anilines is 2. The van der Waals surface area contributed by atoms with Gasteiger partial charge >= 0.3 is 0 Å². The summed E-state index contributed by atoms with van der Waals surface area (Å²) in [6.07, 6.45) is 1.95. The molecule has 0 aliphatic heterocycles. The van der Waals surface area contributed by atoms with E-state index in [-0.39, 0.29) is 21.4 Å². The number of aryl methyl sites for hydroxylation is 2. The first-order valence-corrected chi connectivity index (χ1v) is 12.0. The number of carbonyl (C=O) groups is 2. The number of carbonyl (C=O) groups excluding carboxylic acids is 2. The molecule has 0 fully saturated rings. The average molecular weight is 472 g/mol. The van der Waals surface area contributed by atoms with E-state index in [4.69, 9.17) is 11.6 Å². The van der Waals surface area contributed by atoms with E-state index in [1.807, 2.05) is 0 Å². The molecule has 0 spiro atoms. The molecule has 9 heteroatoms. The Hall–Kier alpha value is -3.10. The van der Waals surface area contributed by atoms with Gasteiger partial charge in [-0.15, -0.1) is 0 Å². The zero-order valence-corrected chi connectivity index (χ0v) is 19.2. The monoisotopic (exact) mass is 471 g/mol.